The van der Waals surface area contributed by atoms with E-state index >= 15 is 0 Å². The van der Waals surface area contributed by atoms with Gasteiger partial charge < -0.3 is 24.7 Å². The molecule has 11 nitrogen and oxygen atoms in total. The van der Waals surface area contributed by atoms with Gasteiger partial charge in [-0.25, -0.2) is 9.50 Å². The number of nitrogens with zero attached hydrogens (tertiary/aromatic N) is 3. The minimum atomic E-state index is -1.31. The fourth-order valence-corrected chi connectivity index (χ4v) is 5.64. The number of fused-ring (bicyclic) bond motifs is 1. The molecule has 0 spiro atoms. The summed E-state index contributed by atoms with van der Waals surface area (Å²) in [4.78, 5) is 41.4. The predicted octanol–water partition coefficient (Wildman–Crippen LogP) is 2.94. The average molecular weight is 517 g/mol. The molecule has 1 saturated heterocycles. The molecule has 202 valence electrons. The molecule has 1 saturated carbocycles. The van der Waals surface area contributed by atoms with Crippen LogP contribution in [-0.2, 0) is 38.9 Å². The van der Waals surface area contributed by atoms with Gasteiger partial charge in [0.1, 0.15) is 30.2 Å². The first kappa shape index (κ1) is 26.8. The van der Waals surface area contributed by atoms with Crippen LogP contribution in [0.4, 0.5) is 5.82 Å². The lowest BCUT2D eigenvalue weighted by Gasteiger charge is -2.35. The van der Waals surface area contributed by atoms with Crippen LogP contribution in [0.2, 0.25) is 0 Å². The fraction of sp³-hybridized carbons (Fsp3) is 0.654. The Balaban J connectivity index is 1.64. The number of esters is 3. The summed E-state index contributed by atoms with van der Waals surface area (Å²) in [7, 11) is 0. The Morgan fingerprint density at radius 2 is 1.81 bits per heavy atom. The summed E-state index contributed by atoms with van der Waals surface area (Å²) in [6, 6.07) is 3.47. The molecule has 2 aliphatic rings. The van der Waals surface area contributed by atoms with Gasteiger partial charge >= 0.3 is 17.9 Å². The van der Waals surface area contributed by atoms with Gasteiger partial charge in [0.05, 0.1) is 11.1 Å². The van der Waals surface area contributed by atoms with Crippen LogP contribution >= 0.6 is 0 Å². The second-order valence-electron chi connectivity index (χ2n) is 10.7. The van der Waals surface area contributed by atoms with Crippen LogP contribution in [-0.4, -0.2) is 57.4 Å². The molecular weight excluding hydrogens is 480 g/mol. The summed E-state index contributed by atoms with van der Waals surface area (Å²) in [5.74, 6) is -1.00. The van der Waals surface area contributed by atoms with Gasteiger partial charge in [0.25, 0.3) is 0 Å². The Hall–Kier alpha value is -3.21. The molecule has 0 radical (unpaired) electrons. The third-order valence-corrected chi connectivity index (χ3v) is 7.72. The monoisotopic (exact) mass is 516 g/mol. The Morgan fingerprint density at radius 3 is 2.46 bits per heavy atom. The maximum atomic E-state index is 13.2. The van der Waals surface area contributed by atoms with E-state index in [-0.39, 0.29) is 24.3 Å². The van der Waals surface area contributed by atoms with Gasteiger partial charge in [-0.15, -0.1) is 0 Å². The van der Waals surface area contributed by atoms with E-state index in [0.717, 1.165) is 25.7 Å². The molecule has 2 aromatic rings. The van der Waals surface area contributed by atoms with Gasteiger partial charge in [0, 0.05) is 13.8 Å². The largest absolute Gasteiger partial charge is 0.462 e. The number of aromatic nitrogens is 3. The molecule has 2 N–H and O–H groups in total. The molecule has 11 heteroatoms. The van der Waals surface area contributed by atoms with E-state index in [9.17, 15) is 14.4 Å². The Labute approximate surface area is 216 Å². The van der Waals surface area contributed by atoms with Crippen LogP contribution in [0.3, 0.4) is 0 Å². The van der Waals surface area contributed by atoms with Crippen molar-refractivity contribution in [2.75, 3.05) is 12.3 Å². The zero-order valence-corrected chi connectivity index (χ0v) is 22.1. The Kier molecular flexibility index (Phi) is 7.45. The molecule has 4 atom stereocenters. The highest BCUT2D eigenvalue weighted by atomic mass is 16.7. The SMILES string of the molecule is CC(=O)O[C@H]1[C@@H](OC(C)=O)[C@](C)(c2ccc3c(N)ncnn23)O[C@@H]1COC(=O)C(C)(C)C1CCCCC1. The Bertz CT molecular complexity index is 1170. The predicted molar refractivity (Wildman–Crippen MR) is 132 cm³/mol. The number of carbonyl (C=O) groups excluding carboxylic acids is 3. The molecule has 1 aliphatic heterocycles. The van der Waals surface area contributed by atoms with E-state index in [2.05, 4.69) is 10.1 Å². The fourth-order valence-electron chi connectivity index (χ4n) is 5.64. The second-order valence-corrected chi connectivity index (χ2v) is 10.7. The number of hydrogen-bond acceptors (Lipinski definition) is 10. The third-order valence-electron chi connectivity index (χ3n) is 7.72. The normalized spacial score (nSPS) is 26.7. The highest BCUT2D eigenvalue weighted by Crippen LogP contribution is 2.44. The number of rotatable bonds is 7. The first-order valence-corrected chi connectivity index (χ1v) is 12.7. The topological polar surface area (TPSA) is 144 Å². The molecule has 2 fully saturated rings. The minimum Gasteiger partial charge on any atom is -0.462 e. The lowest BCUT2D eigenvalue weighted by molar-refractivity contribution is -0.169. The van der Waals surface area contributed by atoms with Crippen LogP contribution in [0.25, 0.3) is 5.52 Å². The maximum absolute atomic E-state index is 13.2. The second kappa shape index (κ2) is 10.3. The van der Waals surface area contributed by atoms with Crippen molar-refractivity contribution in [2.24, 2.45) is 11.3 Å². The lowest BCUT2D eigenvalue weighted by Crippen LogP contribution is -2.45. The van der Waals surface area contributed by atoms with Crippen LogP contribution < -0.4 is 5.73 Å². The smallest absolute Gasteiger partial charge is 0.311 e. The maximum Gasteiger partial charge on any atom is 0.311 e. The molecule has 0 amide bonds. The summed E-state index contributed by atoms with van der Waals surface area (Å²) in [5, 5.41) is 4.29. The molecule has 0 aromatic carbocycles. The third kappa shape index (κ3) is 5.14. The first-order valence-electron chi connectivity index (χ1n) is 12.7. The summed E-state index contributed by atoms with van der Waals surface area (Å²) in [5.41, 5.74) is 5.08. The van der Waals surface area contributed by atoms with E-state index in [1.54, 1.807) is 23.6 Å². The standard InChI is InChI=1S/C26H36N4O7/c1-15(31)35-21-19(13-34-24(33)25(3,4)17-9-7-6-8-10-17)37-26(5,22(21)36-16(2)32)20-12-11-18-23(27)28-14-29-30(18)20/h11-12,14,17,19,21-22H,6-10,13H2,1-5H3,(H2,27,28,29)/t19-,21-,22-,26+/m1/s1. The lowest BCUT2D eigenvalue weighted by atomic mass is 9.71. The number of hydrogen-bond donors (Lipinski definition) is 1. The van der Waals surface area contributed by atoms with Gasteiger partial charge in [-0.3, -0.25) is 14.4 Å². The number of carbonyl (C=O) groups is 3. The van der Waals surface area contributed by atoms with Crippen molar-refractivity contribution in [3.05, 3.63) is 24.2 Å². The van der Waals surface area contributed by atoms with Crippen molar-refractivity contribution in [2.45, 2.75) is 90.6 Å². The highest BCUT2D eigenvalue weighted by molar-refractivity contribution is 5.76. The molecule has 37 heavy (non-hydrogen) atoms. The zero-order valence-electron chi connectivity index (χ0n) is 22.1. The van der Waals surface area contributed by atoms with E-state index < -0.39 is 41.3 Å². The van der Waals surface area contributed by atoms with Crippen molar-refractivity contribution in [1.82, 2.24) is 14.6 Å². The average Bonchev–Trinajstić information content (AvgIpc) is 3.39. The molecule has 1 aliphatic carbocycles. The number of ether oxygens (including phenoxy) is 4. The number of nitrogen functional groups attached to an aromatic ring is 1. The van der Waals surface area contributed by atoms with Crippen LogP contribution in [0.15, 0.2) is 18.5 Å². The van der Waals surface area contributed by atoms with Crippen molar-refractivity contribution in [3.63, 3.8) is 0 Å². The molecule has 4 rings (SSSR count). The molecular formula is C26H36N4O7. The Morgan fingerprint density at radius 1 is 1.14 bits per heavy atom. The van der Waals surface area contributed by atoms with Gasteiger partial charge in [0.2, 0.25) is 0 Å². The molecule has 3 heterocycles. The van der Waals surface area contributed by atoms with Crippen LogP contribution in [0, 0.1) is 11.3 Å². The molecule has 0 unspecified atom stereocenters. The first-order chi connectivity index (χ1) is 17.4. The summed E-state index contributed by atoms with van der Waals surface area (Å²) >= 11 is 0. The highest BCUT2D eigenvalue weighted by Gasteiger charge is 2.59. The van der Waals surface area contributed by atoms with Gasteiger partial charge in [0.15, 0.2) is 18.0 Å². The zero-order chi connectivity index (χ0) is 27.0. The van der Waals surface area contributed by atoms with Gasteiger partial charge in [-0.1, -0.05) is 19.3 Å². The summed E-state index contributed by atoms with van der Waals surface area (Å²) < 4.78 is 25.0. The minimum absolute atomic E-state index is 0.180. The van der Waals surface area contributed by atoms with Crippen molar-refractivity contribution in [1.29, 1.82) is 0 Å². The summed E-state index contributed by atoms with van der Waals surface area (Å²) in [6.45, 7) is 7.88. The molecule has 0 bridgehead atoms. The number of anilines is 1. The van der Waals surface area contributed by atoms with Crippen molar-refractivity contribution < 1.29 is 33.3 Å². The van der Waals surface area contributed by atoms with E-state index in [1.807, 2.05) is 13.8 Å². The van der Waals surface area contributed by atoms with Crippen LogP contribution in [0.1, 0.15) is 72.4 Å². The number of nitrogens with two attached hydrogens (primary N) is 1. The van der Waals surface area contributed by atoms with E-state index in [1.165, 1.54) is 26.6 Å². The van der Waals surface area contributed by atoms with Crippen molar-refractivity contribution >= 4 is 29.2 Å². The van der Waals surface area contributed by atoms with E-state index in [4.69, 9.17) is 24.7 Å². The van der Waals surface area contributed by atoms with Crippen LogP contribution in [0.5, 0.6) is 0 Å². The quantitative estimate of drug-likeness (QED) is 0.431. The van der Waals surface area contributed by atoms with E-state index in [0.29, 0.717) is 11.2 Å². The van der Waals surface area contributed by atoms with Crippen molar-refractivity contribution in [3.8, 4) is 0 Å². The van der Waals surface area contributed by atoms with Gasteiger partial charge in [-0.2, -0.15) is 5.10 Å². The summed E-state index contributed by atoms with van der Waals surface area (Å²) in [6.07, 6.45) is 3.69. The van der Waals surface area contributed by atoms with Gasteiger partial charge in [-0.05, 0) is 51.7 Å². The molecule has 2 aromatic heterocycles.